The first-order valence-electron chi connectivity index (χ1n) is 19.2. The van der Waals surface area contributed by atoms with Crippen LogP contribution in [0.2, 0.25) is 0 Å². The summed E-state index contributed by atoms with van der Waals surface area (Å²) in [6, 6.07) is 0. The summed E-state index contributed by atoms with van der Waals surface area (Å²) in [5, 5.41) is 0. The van der Waals surface area contributed by atoms with Crippen molar-refractivity contribution in [1.29, 1.82) is 0 Å². The summed E-state index contributed by atoms with van der Waals surface area (Å²) in [6.07, 6.45) is 17.2. The van der Waals surface area contributed by atoms with Gasteiger partial charge in [0.15, 0.2) is 11.9 Å². The van der Waals surface area contributed by atoms with Gasteiger partial charge in [-0.15, -0.1) is 0 Å². The van der Waals surface area contributed by atoms with Crippen LogP contribution in [0, 0.1) is 46.3 Å². The van der Waals surface area contributed by atoms with Gasteiger partial charge in [-0.3, -0.25) is 14.9 Å². The molecule has 3 fully saturated rings. The Hall–Kier alpha value is -2.49. The molecule has 0 heterocycles. The van der Waals surface area contributed by atoms with Crippen LogP contribution in [-0.4, -0.2) is 68.4 Å². The van der Waals surface area contributed by atoms with Crippen LogP contribution in [0.15, 0.2) is 21.6 Å². The largest absolute Gasteiger partial charge is 0.508 e. The normalized spacial score (nSPS) is 31.6. The first-order chi connectivity index (χ1) is 22.8. The summed E-state index contributed by atoms with van der Waals surface area (Å²) in [5.74, 6) is 5.11. The zero-order valence-electron chi connectivity index (χ0n) is 30.9. The number of aliphatic imine (C=N–C) groups is 2. The van der Waals surface area contributed by atoms with Gasteiger partial charge < -0.3 is 32.4 Å². The maximum atomic E-state index is 12.8. The second kappa shape index (κ2) is 17.4. The Morgan fingerprint density at radius 3 is 2.23 bits per heavy atom. The smallest absolute Gasteiger partial charge is 0.433 e. The highest BCUT2D eigenvalue weighted by molar-refractivity contribution is 5.75. The van der Waals surface area contributed by atoms with E-state index in [9.17, 15) is 4.79 Å². The Balaban J connectivity index is 1.26. The SMILES string of the molecule is CC(C)CCCC(C)[C@@H]1CC[C@@H]2[C@H]3CC=C4CC(OC(=O)OCCN(CCCN=C(N)N)CCCN=C(N)N)CC[C@@]4(C)C3CC[C@]21C. The molecule has 0 spiro atoms. The van der Waals surface area contributed by atoms with E-state index < -0.39 is 6.16 Å². The first kappa shape index (κ1) is 38.3. The van der Waals surface area contributed by atoms with E-state index in [0.717, 1.165) is 80.7 Å². The molecular weight excluding hydrogens is 602 g/mol. The minimum Gasteiger partial charge on any atom is -0.433 e. The van der Waals surface area contributed by atoms with Crippen molar-refractivity contribution < 1.29 is 14.3 Å². The van der Waals surface area contributed by atoms with Crippen LogP contribution in [0.25, 0.3) is 0 Å². The molecule has 0 radical (unpaired) electrons. The van der Waals surface area contributed by atoms with Crippen LogP contribution >= 0.6 is 0 Å². The second-order valence-corrected chi connectivity index (χ2v) is 16.5. The molecule has 48 heavy (non-hydrogen) atoms. The third-order valence-electron chi connectivity index (χ3n) is 13.0. The lowest BCUT2D eigenvalue weighted by Crippen LogP contribution is -2.51. The van der Waals surface area contributed by atoms with Crippen LogP contribution < -0.4 is 22.9 Å². The Kier molecular flexibility index (Phi) is 13.9. The second-order valence-electron chi connectivity index (χ2n) is 16.5. The number of fused-ring (bicyclic) bond motifs is 5. The summed E-state index contributed by atoms with van der Waals surface area (Å²) in [4.78, 5) is 23.1. The highest BCUT2D eigenvalue weighted by Gasteiger charge is 2.59. The monoisotopic (exact) mass is 672 g/mol. The Bertz CT molecular complexity index is 1110. The van der Waals surface area contributed by atoms with Gasteiger partial charge in [0.05, 0.1) is 0 Å². The minimum absolute atomic E-state index is 0.0915. The average Bonchev–Trinajstić information content (AvgIpc) is 3.38. The molecule has 10 nitrogen and oxygen atoms in total. The van der Waals surface area contributed by atoms with Gasteiger partial charge in [-0.1, -0.05) is 65.5 Å². The molecule has 0 aromatic rings. The molecule has 8 N–H and O–H groups in total. The number of carbonyl (C=O) groups excluding carboxylic acids is 1. The van der Waals surface area contributed by atoms with Crippen molar-refractivity contribution in [2.75, 3.05) is 39.3 Å². The molecule has 4 aliphatic rings. The number of nitrogens with zero attached hydrogens (tertiary/aromatic N) is 3. The summed E-state index contributed by atoms with van der Waals surface area (Å²) >= 11 is 0. The molecule has 0 aromatic carbocycles. The van der Waals surface area contributed by atoms with Gasteiger partial charge in [0.2, 0.25) is 0 Å². The van der Waals surface area contributed by atoms with Crippen molar-refractivity contribution in [3.63, 3.8) is 0 Å². The molecule has 4 rings (SSSR count). The third kappa shape index (κ3) is 9.81. The van der Waals surface area contributed by atoms with Crippen LogP contribution in [0.4, 0.5) is 4.79 Å². The molecule has 3 unspecified atom stereocenters. The van der Waals surface area contributed by atoms with Crippen molar-refractivity contribution in [1.82, 2.24) is 4.90 Å². The van der Waals surface area contributed by atoms with Crippen LogP contribution in [-0.2, 0) is 9.47 Å². The first-order valence-corrected chi connectivity index (χ1v) is 19.2. The topological polar surface area (TPSA) is 168 Å². The number of carbonyl (C=O) groups is 1. The number of rotatable bonds is 17. The van der Waals surface area contributed by atoms with E-state index in [-0.39, 0.29) is 30.0 Å². The van der Waals surface area contributed by atoms with Crippen molar-refractivity contribution in [3.8, 4) is 0 Å². The number of ether oxygens (including phenoxy) is 2. The van der Waals surface area contributed by atoms with E-state index in [1.165, 1.54) is 56.9 Å². The summed E-state index contributed by atoms with van der Waals surface area (Å²) in [6.45, 7) is 16.0. The Morgan fingerprint density at radius 1 is 0.896 bits per heavy atom. The number of guanidine groups is 2. The third-order valence-corrected chi connectivity index (χ3v) is 13.0. The lowest BCUT2D eigenvalue weighted by atomic mass is 9.47. The average molecular weight is 672 g/mol. The summed E-state index contributed by atoms with van der Waals surface area (Å²) in [5.41, 5.74) is 24.1. The molecule has 0 bridgehead atoms. The lowest BCUT2D eigenvalue weighted by Gasteiger charge is -2.58. The molecule has 4 aliphatic carbocycles. The van der Waals surface area contributed by atoms with Crippen LogP contribution in [0.1, 0.15) is 118 Å². The van der Waals surface area contributed by atoms with Crippen molar-refractivity contribution in [2.24, 2.45) is 79.3 Å². The highest BCUT2D eigenvalue weighted by Crippen LogP contribution is 2.67. The van der Waals surface area contributed by atoms with Gasteiger partial charge in [-0.2, -0.15) is 0 Å². The number of hydrogen-bond acceptors (Lipinski definition) is 6. The fourth-order valence-corrected chi connectivity index (χ4v) is 10.5. The summed E-state index contributed by atoms with van der Waals surface area (Å²) < 4.78 is 11.5. The fraction of sp³-hybridized carbons (Fsp3) is 0.868. The Labute approximate surface area is 291 Å². The number of hydrogen-bond donors (Lipinski definition) is 4. The standard InChI is InChI=1S/C38H69N7O3/c1-26(2)9-6-10-27(3)31-13-14-32-30-12-11-28-25-29(15-17-37(28,4)33(30)16-18-38(31,32)5)48-36(46)47-24-23-45(21-7-19-43-34(39)40)22-8-20-44-35(41)42/h11,26-27,29-33H,6-10,12-25H2,1-5H3,(H4,39,40,43)(H4,41,42,44)/t27?,29?,30-,31+,32-,33?,37-,38+/m1/s1. The Morgan fingerprint density at radius 2 is 1.58 bits per heavy atom. The van der Waals surface area contributed by atoms with E-state index in [2.05, 4.69) is 55.6 Å². The molecule has 10 heteroatoms. The predicted molar refractivity (Wildman–Crippen MR) is 196 cm³/mol. The molecule has 0 aliphatic heterocycles. The van der Waals surface area contributed by atoms with Crippen LogP contribution in [0.3, 0.4) is 0 Å². The van der Waals surface area contributed by atoms with E-state index in [1.807, 2.05) is 0 Å². The molecule has 0 amide bonds. The molecule has 0 saturated heterocycles. The minimum atomic E-state index is -0.563. The van der Waals surface area contributed by atoms with E-state index in [4.69, 9.17) is 32.4 Å². The number of allylic oxidation sites excluding steroid dienone is 1. The summed E-state index contributed by atoms with van der Waals surface area (Å²) in [7, 11) is 0. The fourth-order valence-electron chi connectivity index (χ4n) is 10.5. The van der Waals surface area contributed by atoms with Gasteiger partial charge in [-0.25, -0.2) is 4.79 Å². The molecular formula is C38H69N7O3. The van der Waals surface area contributed by atoms with Crippen molar-refractivity contribution in [2.45, 2.75) is 124 Å². The van der Waals surface area contributed by atoms with E-state index in [0.29, 0.717) is 25.0 Å². The quantitative estimate of drug-likeness (QED) is 0.0468. The highest BCUT2D eigenvalue weighted by atomic mass is 16.7. The van der Waals surface area contributed by atoms with E-state index in [1.54, 1.807) is 0 Å². The molecule has 8 atom stereocenters. The maximum Gasteiger partial charge on any atom is 0.508 e. The molecule has 3 saturated carbocycles. The lowest BCUT2D eigenvalue weighted by molar-refractivity contribution is -0.0619. The van der Waals surface area contributed by atoms with Crippen molar-refractivity contribution in [3.05, 3.63) is 11.6 Å². The van der Waals surface area contributed by atoms with Gasteiger partial charge in [0.25, 0.3) is 0 Å². The zero-order valence-corrected chi connectivity index (χ0v) is 30.9. The van der Waals surface area contributed by atoms with Gasteiger partial charge in [0.1, 0.15) is 12.7 Å². The predicted octanol–water partition coefficient (Wildman–Crippen LogP) is 6.18. The van der Waals surface area contributed by atoms with Crippen LogP contribution in [0.5, 0.6) is 0 Å². The van der Waals surface area contributed by atoms with Crippen molar-refractivity contribution >= 4 is 18.1 Å². The molecule has 274 valence electrons. The van der Waals surface area contributed by atoms with Gasteiger partial charge >= 0.3 is 6.16 Å². The van der Waals surface area contributed by atoms with Gasteiger partial charge in [-0.05, 0) is 104 Å². The van der Waals surface area contributed by atoms with Gasteiger partial charge in [0, 0.05) is 39.1 Å². The van der Waals surface area contributed by atoms with E-state index >= 15 is 0 Å². The molecule has 0 aromatic heterocycles. The zero-order chi connectivity index (χ0) is 34.9. The number of nitrogens with two attached hydrogens (primary N) is 4. The maximum absolute atomic E-state index is 12.8.